The van der Waals surface area contributed by atoms with E-state index in [0.29, 0.717) is 28.4 Å². The Kier molecular flexibility index (Phi) is 4.66. The number of urea groups is 1. The van der Waals surface area contributed by atoms with E-state index >= 15 is 4.39 Å². The summed E-state index contributed by atoms with van der Waals surface area (Å²) in [7, 11) is 0. The molecule has 1 aliphatic carbocycles. The highest BCUT2D eigenvalue weighted by Crippen LogP contribution is 2.56. The molecular formula is C25H15BrClF2N3O3. The highest BCUT2D eigenvalue weighted by Gasteiger charge is 2.62. The van der Waals surface area contributed by atoms with E-state index in [1.54, 1.807) is 12.1 Å². The number of primary amides is 1. The molecule has 0 saturated heterocycles. The van der Waals surface area contributed by atoms with Gasteiger partial charge >= 0.3 is 6.03 Å². The zero-order valence-corrected chi connectivity index (χ0v) is 20.1. The standard InChI is InChI=1S/C25H15BrClF2N3O3/c26-10-7-13(18-14(8-10)23(34)31-21(18)12-9-11(28)1-2-15(12)27)19-16(29)3-4-17-20(19)22(33)25(5-6-25)32(17)24(30)35/h1-4,7-9,21H,5-6H2,(H2,30,35)(H,31,34). The summed E-state index contributed by atoms with van der Waals surface area (Å²) < 4.78 is 30.2. The molecule has 3 N–H and O–H groups in total. The summed E-state index contributed by atoms with van der Waals surface area (Å²) in [5, 5.41) is 3.01. The molecule has 2 heterocycles. The predicted octanol–water partition coefficient (Wildman–Crippen LogP) is 5.49. The van der Waals surface area contributed by atoms with Crippen LogP contribution in [0.25, 0.3) is 11.1 Å². The minimum absolute atomic E-state index is 0.0324. The van der Waals surface area contributed by atoms with Crippen molar-refractivity contribution < 1.29 is 23.2 Å². The van der Waals surface area contributed by atoms with Gasteiger partial charge in [0.2, 0.25) is 0 Å². The molecule has 3 aromatic rings. The maximum atomic E-state index is 15.6. The van der Waals surface area contributed by atoms with Crippen molar-refractivity contribution in [3.63, 3.8) is 0 Å². The van der Waals surface area contributed by atoms with Gasteiger partial charge in [-0.15, -0.1) is 0 Å². The molecular weight excluding hydrogens is 544 g/mol. The number of hydrogen-bond acceptors (Lipinski definition) is 3. The third-order valence-electron chi connectivity index (χ3n) is 6.89. The number of nitrogens with zero attached hydrogens (tertiary/aromatic N) is 1. The zero-order chi connectivity index (χ0) is 24.8. The van der Waals surface area contributed by atoms with Gasteiger partial charge in [-0.1, -0.05) is 27.5 Å². The number of anilines is 1. The minimum Gasteiger partial charge on any atom is -0.351 e. The average Bonchev–Trinajstić information content (AvgIpc) is 3.47. The topological polar surface area (TPSA) is 92.5 Å². The number of nitrogens with two attached hydrogens (primary N) is 1. The first kappa shape index (κ1) is 22.2. The Morgan fingerprint density at radius 1 is 1.09 bits per heavy atom. The first-order valence-corrected chi connectivity index (χ1v) is 11.9. The van der Waals surface area contributed by atoms with Crippen LogP contribution in [0.4, 0.5) is 19.3 Å². The molecule has 2 aliphatic heterocycles. The quantitative estimate of drug-likeness (QED) is 0.435. The lowest BCUT2D eigenvalue weighted by Gasteiger charge is -2.21. The van der Waals surface area contributed by atoms with Gasteiger partial charge in [-0.25, -0.2) is 13.6 Å². The number of amides is 3. The van der Waals surface area contributed by atoms with Crippen molar-refractivity contribution in [1.29, 1.82) is 0 Å². The molecule has 3 aromatic carbocycles. The highest BCUT2D eigenvalue weighted by atomic mass is 79.9. The summed E-state index contributed by atoms with van der Waals surface area (Å²) >= 11 is 9.73. The number of fused-ring (bicyclic) bond motifs is 2. The number of ketones is 1. The van der Waals surface area contributed by atoms with Crippen LogP contribution in [-0.4, -0.2) is 23.3 Å². The van der Waals surface area contributed by atoms with Crippen LogP contribution in [0.5, 0.6) is 0 Å². The lowest BCUT2D eigenvalue weighted by molar-refractivity contribution is 0.0953. The lowest BCUT2D eigenvalue weighted by atomic mass is 9.86. The van der Waals surface area contributed by atoms with Crippen LogP contribution in [0, 0.1) is 11.6 Å². The molecule has 176 valence electrons. The molecule has 6 rings (SSSR count). The molecule has 3 aliphatic rings. The summed E-state index contributed by atoms with van der Waals surface area (Å²) in [6.45, 7) is 0. The fourth-order valence-electron chi connectivity index (χ4n) is 5.28. The molecule has 0 aromatic heterocycles. The number of carbonyl (C=O) groups excluding carboxylic acids is 3. The van der Waals surface area contributed by atoms with Crippen molar-refractivity contribution in [3.8, 4) is 11.1 Å². The van der Waals surface area contributed by atoms with E-state index in [0.717, 1.165) is 0 Å². The average molecular weight is 559 g/mol. The van der Waals surface area contributed by atoms with Crippen LogP contribution >= 0.6 is 27.5 Å². The van der Waals surface area contributed by atoms with E-state index < -0.39 is 40.9 Å². The van der Waals surface area contributed by atoms with Crippen molar-refractivity contribution in [2.75, 3.05) is 4.90 Å². The van der Waals surface area contributed by atoms with Crippen LogP contribution in [0.1, 0.15) is 50.7 Å². The molecule has 1 atom stereocenters. The van der Waals surface area contributed by atoms with Gasteiger partial charge in [0.05, 0.1) is 17.3 Å². The molecule has 3 amide bonds. The number of carbonyl (C=O) groups is 3. The summed E-state index contributed by atoms with van der Waals surface area (Å²) in [6, 6.07) is 7.79. The van der Waals surface area contributed by atoms with Gasteiger partial charge in [-0.3, -0.25) is 14.5 Å². The van der Waals surface area contributed by atoms with Gasteiger partial charge < -0.3 is 11.1 Å². The maximum absolute atomic E-state index is 15.6. The molecule has 0 radical (unpaired) electrons. The first-order chi connectivity index (χ1) is 16.6. The van der Waals surface area contributed by atoms with Crippen LogP contribution in [0.3, 0.4) is 0 Å². The van der Waals surface area contributed by atoms with E-state index in [2.05, 4.69) is 21.2 Å². The molecule has 6 nitrogen and oxygen atoms in total. The zero-order valence-electron chi connectivity index (χ0n) is 17.8. The van der Waals surface area contributed by atoms with Crippen molar-refractivity contribution >= 4 is 50.9 Å². The van der Waals surface area contributed by atoms with Crippen LogP contribution in [-0.2, 0) is 0 Å². The Labute approximate surface area is 211 Å². The molecule has 0 bridgehead atoms. The normalized spacial score (nSPS) is 19.1. The molecule has 1 saturated carbocycles. The smallest absolute Gasteiger partial charge is 0.320 e. The van der Waals surface area contributed by atoms with Crippen molar-refractivity contribution in [2.45, 2.75) is 24.4 Å². The number of rotatable bonds is 2. The van der Waals surface area contributed by atoms with Gasteiger partial charge in [0, 0.05) is 26.2 Å². The van der Waals surface area contributed by atoms with Gasteiger partial charge in [-0.2, -0.15) is 0 Å². The third kappa shape index (κ3) is 3.01. The van der Waals surface area contributed by atoms with Crippen LogP contribution in [0.15, 0.2) is 46.9 Å². The molecule has 1 unspecified atom stereocenters. The Morgan fingerprint density at radius 2 is 1.80 bits per heavy atom. The number of benzene rings is 3. The molecule has 1 spiro atoms. The number of nitrogens with one attached hydrogen (secondary N) is 1. The van der Waals surface area contributed by atoms with Gasteiger partial charge in [-0.05, 0) is 66.4 Å². The van der Waals surface area contributed by atoms with Gasteiger partial charge in [0.15, 0.2) is 5.78 Å². The van der Waals surface area contributed by atoms with Gasteiger partial charge in [0.25, 0.3) is 5.91 Å². The van der Waals surface area contributed by atoms with Crippen molar-refractivity contribution in [1.82, 2.24) is 5.32 Å². The Hall–Kier alpha value is -3.30. The SMILES string of the molecule is NC(=O)N1c2ccc(F)c(-c3cc(Br)cc4c3C(c3cc(F)ccc3Cl)NC4=O)c2C(=O)C12CC2. The maximum Gasteiger partial charge on any atom is 0.320 e. The Balaban J connectivity index is 1.66. The highest BCUT2D eigenvalue weighted by molar-refractivity contribution is 9.10. The lowest BCUT2D eigenvalue weighted by Crippen LogP contribution is -2.45. The van der Waals surface area contributed by atoms with E-state index in [4.69, 9.17) is 17.3 Å². The van der Waals surface area contributed by atoms with Crippen molar-refractivity contribution in [3.05, 3.63) is 85.8 Å². The summed E-state index contributed by atoms with van der Waals surface area (Å²) in [5.41, 5.74) is 5.84. The Bertz CT molecular complexity index is 1520. The largest absolute Gasteiger partial charge is 0.351 e. The predicted molar refractivity (Wildman–Crippen MR) is 129 cm³/mol. The Morgan fingerprint density at radius 3 is 2.49 bits per heavy atom. The summed E-state index contributed by atoms with van der Waals surface area (Å²) in [4.78, 5) is 40.0. The van der Waals surface area contributed by atoms with E-state index in [1.165, 1.54) is 35.2 Å². The molecule has 10 heteroatoms. The fourth-order valence-corrected chi connectivity index (χ4v) is 5.97. The van der Waals surface area contributed by atoms with Crippen LogP contribution in [0.2, 0.25) is 5.02 Å². The van der Waals surface area contributed by atoms with E-state index in [9.17, 15) is 18.8 Å². The number of halogens is 4. The second-order valence-corrected chi connectivity index (χ2v) is 10.2. The molecule has 35 heavy (non-hydrogen) atoms. The van der Waals surface area contributed by atoms with Crippen molar-refractivity contribution in [2.24, 2.45) is 5.73 Å². The summed E-state index contributed by atoms with van der Waals surface area (Å²) in [6.07, 6.45) is 0.839. The number of hydrogen-bond donors (Lipinski definition) is 2. The second-order valence-electron chi connectivity index (χ2n) is 8.84. The van der Waals surface area contributed by atoms with E-state index in [1.807, 2.05) is 0 Å². The van der Waals surface area contributed by atoms with Crippen LogP contribution < -0.4 is 16.0 Å². The number of Topliss-reactive ketones (excluding diaryl/α,β-unsaturated/α-hetero) is 1. The third-order valence-corrected chi connectivity index (χ3v) is 7.69. The second kappa shape index (κ2) is 7.35. The minimum atomic E-state index is -1.11. The monoisotopic (exact) mass is 557 g/mol. The first-order valence-electron chi connectivity index (χ1n) is 10.7. The van der Waals surface area contributed by atoms with E-state index in [-0.39, 0.29) is 33.0 Å². The molecule has 1 fully saturated rings. The van der Waals surface area contributed by atoms with Gasteiger partial charge in [0.1, 0.15) is 17.2 Å². The fraction of sp³-hybridized carbons (Fsp3) is 0.160. The summed E-state index contributed by atoms with van der Waals surface area (Å²) in [5.74, 6) is -2.11.